The lowest BCUT2D eigenvalue weighted by atomic mass is 9.89. The Kier molecular flexibility index (Phi) is 10.9. The monoisotopic (exact) mass is 657 g/mol. The van der Waals surface area contributed by atoms with Gasteiger partial charge in [-0.3, -0.25) is 9.69 Å². The minimum Gasteiger partial charge on any atom is -0.477 e. The second-order valence-corrected chi connectivity index (χ2v) is 12.2. The van der Waals surface area contributed by atoms with Crippen molar-refractivity contribution in [3.63, 3.8) is 0 Å². The van der Waals surface area contributed by atoms with E-state index in [-0.39, 0.29) is 41.8 Å². The van der Waals surface area contributed by atoms with Crippen molar-refractivity contribution in [3.8, 4) is 23.7 Å². The summed E-state index contributed by atoms with van der Waals surface area (Å²) in [5, 5.41) is 18.3. The van der Waals surface area contributed by atoms with Crippen molar-refractivity contribution in [2.45, 2.75) is 50.4 Å². The van der Waals surface area contributed by atoms with Gasteiger partial charge in [-0.1, -0.05) is 24.0 Å². The van der Waals surface area contributed by atoms with E-state index in [2.05, 4.69) is 32.7 Å². The Labute approximate surface area is 269 Å². The molecule has 46 heavy (non-hydrogen) atoms. The van der Waals surface area contributed by atoms with E-state index in [4.69, 9.17) is 14.7 Å². The maximum atomic E-state index is 14.6. The molecule has 2 heterocycles. The molecule has 3 aromatic rings. The van der Waals surface area contributed by atoms with Crippen LogP contribution in [0.4, 0.5) is 28.9 Å². The predicted octanol–water partition coefficient (Wildman–Crippen LogP) is 5.93. The molecule has 0 atom stereocenters. The van der Waals surface area contributed by atoms with Gasteiger partial charge in [-0.2, -0.15) is 18.4 Å². The van der Waals surface area contributed by atoms with Crippen LogP contribution >= 0.6 is 11.3 Å². The van der Waals surface area contributed by atoms with Crippen LogP contribution in [0.25, 0.3) is 10.1 Å². The molecule has 1 saturated heterocycles. The first-order valence-electron chi connectivity index (χ1n) is 15.1. The molecule has 1 saturated carbocycles. The number of fused-ring (bicyclic) bond motifs is 1. The number of ether oxygens (including phenoxy) is 2. The van der Waals surface area contributed by atoms with Crippen LogP contribution in [0.2, 0.25) is 0 Å². The Morgan fingerprint density at radius 1 is 1.15 bits per heavy atom. The number of thiophene rings is 1. The number of morpholine rings is 1. The predicted molar refractivity (Wildman–Crippen MR) is 170 cm³/mol. The van der Waals surface area contributed by atoms with Crippen molar-refractivity contribution in [2.24, 2.45) is 0 Å². The molecule has 1 aromatic heterocycles. The molecule has 2 aromatic carbocycles. The van der Waals surface area contributed by atoms with Crippen molar-refractivity contribution < 1.29 is 31.8 Å². The van der Waals surface area contributed by atoms with Crippen molar-refractivity contribution in [1.82, 2.24) is 10.2 Å². The van der Waals surface area contributed by atoms with E-state index < -0.39 is 24.3 Å². The van der Waals surface area contributed by atoms with E-state index >= 15 is 0 Å². The summed E-state index contributed by atoms with van der Waals surface area (Å²) in [6, 6.07) is 10.2. The van der Waals surface area contributed by atoms with Gasteiger partial charge in [0.15, 0.2) is 6.61 Å². The van der Waals surface area contributed by atoms with Crippen molar-refractivity contribution in [2.75, 3.05) is 57.1 Å². The third-order valence-electron chi connectivity index (χ3n) is 8.22. The zero-order valence-electron chi connectivity index (χ0n) is 25.4. The molecule has 13 heteroatoms. The van der Waals surface area contributed by atoms with Crippen LogP contribution in [0.3, 0.4) is 0 Å². The molecule has 0 bridgehead atoms. The summed E-state index contributed by atoms with van der Waals surface area (Å²) in [6.45, 7) is 3.04. The quantitative estimate of drug-likeness (QED) is 0.194. The minimum atomic E-state index is -4.43. The first-order valence-corrected chi connectivity index (χ1v) is 16.0. The Hall–Kier alpha value is -4.04. The molecule has 2 aliphatic rings. The first-order chi connectivity index (χ1) is 22.2. The number of hydrogen-bond donors (Lipinski definition) is 3. The van der Waals surface area contributed by atoms with Crippen molar-refractivity contribution >= 4 is 38.7 Å². The topological polar surface area (TPSA) is 98.6 Å². The second-order valence-electron chi connectivity index (χ2n) is 11.2. The van der Waals surface area contributed by atoms with Crippen LogP contribution in [0.5, 0.6) is 5.75 Å². The molecular formula is C33H35F4N5O3S. The van der Waals surface area contributed by atoms with Crippen LogP contribution in [-0.2, 0) is 11.2 Å². The Morgan fingerprint density at radius 3 is 2.61 bits per heavy atom. The van der Waals surface area contributed by atoms with E-state index in [1.54, 1.807) is 12.1 Å². The molecule has 8 nitrogen and oxygen atoms in total. The Balaban J connectivity index is 1.34. The van der Waals surface area contributed by atoms with E-state index in [1.165, 1.54) is 24.5 Å². The normalized spacial score (nSPS) is 18.7. The SMILES string of the molecule is CNC(=O)c1cc(OCC#N)c(NCC#Cc2sc3c(NC4CCC(N5CCOCC5)CC4)cccc3c2CC(F)(F)F)cc1F. The number of anilines is 2. The van der Waals surface area contributed by atoms with Gasteiger partial charge in [0.2, 0.25) is 0 Å². The highest BCUT2D eigenvalue weighted by Gasteiger charge is 2.32. The number of rotatable bonds is 9. The maximum absolute atomic E-state index is 14.6. The van der Waals surface area contributed by atoms with Crippen molar-refractivity contribution in [3.05, 3.63) is 52.2 Å². The fourth-order valence-electron chi connectivity index (χ4n) is 6.00. The average Bonchev–Trinajstić information content (AvgIpc) is 3.39. The van der Waals surface area contributed by atoms with E-state index in [0.717, 1.165) is 68.4 Å². The highest BCUT2D eigenvalue weighted by atomic mass is 32.1. The standard InChI is InChI=1S/C33H35F4N5O3S/c1-39-32(43)24-18-29(45-15-11-38)28(19-26(24)34)40-12-3-6-30-25(20-33(35,36)37)23-4-2-5-27(31(23)46-30)41-21-7-9-22(10-8-21)42-13-16-44-17-14-42/h2,4-5,18-19,21-22,40-41H,7-10,12-17,20H2,1H3,(H,39,43). The number of halogens is 4. The largest absolute Gasteiger partial charge is 0.477 e. The van der Waals surface area contributed by atoms with Gasteiger partial charge in [-0.15, -0.1) is 11.3 Å². The zero-order chi connectivity index (χ0) is 32.7. The molecule has 5 rings (SSSR count). The van der Waals surface area contributed by atoms with Crippen LogP contribution in [0.15, 0.2) is 30.3 Å². The molecule has 3 N–H and O–H groups in total. The van der Waals surface area contributed by atoms with Crippen LogP contribution < -0.4 is 20.7 Å². The molecule has 1 aliphatic carbocycles. The summed E-state index contributed by atoms with van der Waals surface area (Å²) >= 11 is 1.22. The second kappa shape index (κ2) is 15.0. The lowest BCUT2D eigenvalue weighted by molar-refractivity contribution is -0.126. The molecule has 1 amide bonds. The molecule has 0 spiro atoms. The third-order valence-corrected chi connectivity index (χ3v) is 9.41. The van der Waals surface area contributed by atoms with Crippen LogP contribution in [0, 0.1) is 29.0 Å². The zero-order valence-corrected chi connectivity index (χ0v) is 26.2. The highest BCUT2D eigenvalue weighted by molar-refractivity contribution is 7.20. The minimum absolute atomic E-state index is 0.0567. The molecule has 0 unspecified atom stereocenters. The van der Waals surface area contributed by atoms with Gasteiger partial charge in [0.1, 0.15) is 17.6 Å². The number of hydrogen-bond acceptors (Lipinski definition) is 8. The number of nitriles is 1. The average molecular weight is 658 g/mol. The summed E-state index contributed by atoms with van der Waals surface area (Å²) in [7, 11) is 1.36. The van der Waals surface area contributed by atoms with E-state index in [9.17, 15) is 22.4 Å². The molecular weight excluding hydrogens is 622 g/mol. The smallest absolute Gasteiger partial charge is 0.393 e. The Bertz CT molecular complexity index is 1650. The number of amides is 1. The number of carbonyl (C=O) groups excluding carboxylic acids is 1. The van der Waals surface area contributed by atoms with Gasteiger partial charge in [-0.05, 0) is 48.8 Å². The summed E-state index contributed by atoms with van der Waals surface area (Å²) in [4.78, 5) is 14.8. The Morgan fingerprint density at radius 2 is 1.91 bits per heavy atom. The summed E-state index contributed by atoms with van der Waals surface area (Å²) in [6.07, 6.45) is -1.48. The van der Waals surface area contributed by atoms with Gasteiger partial charge >= 0.3 is 6.18 Å². The van der Waals surface area contributed by atoms with E-state index in [0.29, 0.717) is 16.3 Å². The number of alkyl halides is 3. The summed E-state index contributed by atoms with van der Waals surface area (Å²) in [5.41, 5.74) is 0.816. The third kappa shape index (κ3) is 8.21. The lowest BCUT2D eigenvalue weighted by Crippen LogP contribution is -2.46. The number of carbonyl (C=O) groups is 1. The van der Waals surface area contributed by atoms with Gasteiger partial charge < -0.3 is 25.4 Å². The van der Waals surface area contributed by atoms with E-state index in [1.807, 2.05) is 12.1 Å². The first kappa shape index (κ1) is 33.3. The molecule has 0 radical (unpaired) electrons. The number of nitrogens with one attached hydrogen (secondary N) is 3. The van der Waals surface area contributed by atoms with Gasteiger partial charge in [-0.25, -0.2) is 4.39 Å². The fraction of sp³-hybridized carbons (Fsp3) is 0.455. The van der Waals surface area contributed by atoms with Crippen LogP contribution in [-0.4, -0.2) is 75.6 Å². The molecule has 1 aliphatic heterocycles. The van der Waals surface area contributed by atoms with Crippen LogP contribution in [0.1, 0.15) is 46.5 Å². The van der Waals surface area contributed by atoms with Gasteiger partial charge in [0, 0.05) is 38.3 Å². The maximum Gasteiger partial charge on any atom is 0.393 e. The number of nitrogens with zero attached hydrogens (tertiary/aromatic N) is 2. The van der Waals surface area contributed by atoms with Gasteiger partial charge in [0.25, 0.3) is 5.91 Å². The summed E-state index contributed by atoms with van der Waals surface area (Å²) < 4.78 is 67.3. The number of benzene rings is 2. The molecule has 244 valence electrons. The fourth-order valence-corrected chi connectivity index (χ4v) is 7.17. The van der Waals surface area contributed by atoms with Crippen molar-refractivity contribution in [1.29, 1.82) is 5.26 Å². The lowest BCUT2D eigenvalue weighted by Gasteiger charge is -2.39. The molecule has 2 fully saturated rings. The highest BCUT2D eigenvalue weighted by Crippen LogP contribution is 2.40. The van der Waals surface area contributed by atoms with Gasteiger partial charge in [0.05, 0.1) is 52.7 Å². The summed E-state index contributed by atoms with van der Waals surface area (Å²) in [5.74, 6) is 4.34.